The molecule has 0 saturated carbocycles. The lowest BCUT2D eigenvalue weighted by Gasteiger charge is -2.09. The second kappa shape index (κ2) is 4.73. The molecular formula is C17H14O5. The van der Waals surface area contributed by atoms with E-state index in [9.17, 15) is 9.59 Å². The Labute approximate surface area is 127 Å². The molecule has 1 aromatic rings. The van der Waals surface area contributed by atoms with Gasteiger partial charge in [-0.1, -0.05) is 24.3 Å². The van der Waals surface area contributed by atoms with Crippen LogP contribution in [0.15, 0.2) is 47.7 Å². The largest absolute Gasteiger partial charge is 0.458 e. The van der Waals surface area contributed by atoms with Crippen LogP contribution in [0.1, 0.15) is 24.2 Å². The summed E-state index contributed by atoms with van der Waals surface area (Å²) in [4.78, 5) is 23.3. The standard InChI is InChI=1S/C17H14O5/c1-9-6-14(21-16(9)18)20-8-13-12-7-10-4-2-3-5-11(10)15(12)22-17(13)19/h2-6,8,12,14-15H,7H2,1H3/b13-8-. The number of ether oxygens (including phenoxy) is 3. The molecule has 22 heavy (non-hydrogen) atoms. The Morgan fingerprint density at radius 2 is 2.00 bits per heavy atom. The fourth-order valence-corrected chi connectivity index (χ4v) is 3.16. The maximum absolute atomic E-state index is 12.0. The third-order valence-corrected chi connectivity index (χ3v) is 4.30. The highest BCUT2D eigenvalue weighted by Gasteiger charge is 2.46. The van der Waals surface area contributed by atoms with Gasteiger partial charge in [-0.2, -0.15) is 0 Å². The number of hydrogen-bond acceptors (Lipinski definition) is 5. The third-order valence-electron chi connectivity index (χ3n) is 4.30. The number of rotatable bonds is 2. The van der Waals surface area contributed by atoms with Crippen LogP contribution in [0.2, 0.25) is 0 Å². The zero-order chi connectivity index (χ0) is 15.3. The smallest absolute Gasteiger partial charge is 0.338 e. The van der Waals surface area contributed by atoms with Crippen molar-refractivity contribution in [3.05, 3.63) is 58.9 Å². The number of esters is 2. The maximum atomic E-state index is 12.0. The second-order valence-electron chi connectivity index (χ2n) is 5.67. The molecule has 3 atom stereocenters. The van der Waals surface area contributed by atoms with Crippen LogP contribution in [0.25, 0.3) is 0 Å². The maximum Gasteiger partial charge on any atom is 0.338 e. The molecule has 4 rings (SSSR count). The van der Waals surface area contributed by atoms with Crippen LogP contribution in [0.3, 0.4) is 0 Å². The molecule has 0 radical (unpaired) electrons. The highest BCUT2D eigenvalue weighted by molar-refractivity contribution is 5.92. The minimum absolute atomic E-state index is 0.0351. The van der Waals surface area contributed by atoms with Gasteiger partial charge in [-0.25, -0.2) is 9.59 Å². The van der Waals surface area contributed by atoms with Crippen LogP contribution >= 0.6 is 0 Å². The van der Waals surface area contributed by atoms with Crippen LogP contribution in [0, 0.1) is 5.92 Å². The lowest BCUT2D eigenvalue weighted by molar-refractivity contribution is -0.152. The van der Waals surface area contributed by atoms with E-state index in [1.54, 1.807) is 13.0 Å². The van der Waals surface area contributed by atoms with Gasteiger partial charge in [0, 0.05) is 17.6 Å². The highest BCUT2D eigenvalue weighted by atomic mass is 16.7. The number of carbonyl (C=O) groups excluding carboxylic acids is 2. The predicted octanol–water partition coefficient (Wildman–Crippen LogP) is 2.19. The number of hydrogen-bond donors (Lipinski definition) is 0. The summed E-state index contributed by atoms with van der Waals surface area (Å²) in [5.74, 6) is -0.801. The molecule has 0 amide bonds. The van der Waals surface area contributed by atoms with Crippen LogP contribution in [0.5, 0.6) is 0 Å². The average Bonchev–Trinajstić information content (AvgIpc) is 3.10. The fraction of sp³-hybridized carbons (Fsp3) is 0.294. The molecule has 0 spiro atoms. The number of cyclic esters (lactones) is 1. The van der Waals surface area contributed by atoms with E-state index in [1.807, 2.05) is 24.3 Å². The van der Waals surface area contributed by atoms with Crippen molar-refractivity contribution in [2.45, 2.75) is 25.7 Å². The predicted molar refractivity (Wildman–Crippen MR) is 75.3 cm³/mol. The molecule has 0 bridgehead atoms. The van der Waals surface area contributed by atoms with Crippen molar-refractivity contribution in [1.29, 1.82) is 0 Å². The fourth-order valence-electron chi connectivity index (χ4n) is 3.16. The van der Waals surface area contributed by atoms with Crippen molar-refractivity contribution >= 4 is 11.9 Å². The van der Waals surface area contributed by atoms with Gasteiger partial charge in [-0.3, -0.25) is 0 Å². The molecule has 1 saturated heterocycles. The Balaban J connectivity index is 1.55. The van der Waals surface area contributed by atoms with E-state index in [0.717, 1.165) is 12.0 Å². The van der Waals surface area contributed by atoms with Crippen LogP contribution < -0.4 is 0 Å². The number of fused-ring (bicyclic) bond motifs is 3. The first-order valence-corrected chi connectivity index (χ1v) is 7.17. The topological polar surface area (TPSA) is 61.8 Å². The Morgan fingerprint density at radius 3 is 2.77 bits per heavy atom. The summed E-state index contributed by atoms with van der Waals surface area (Å²) >= 11 is 0. The summed E-state index contributed by atoms with van der Waals surface area (Å²) in [6, 6.07) is 7.96. The van der Waals surface area contributed by atoms with E-state index < -0.39 is 12.3 Å². The van der Waals surface area contributed by atoms with E-state index >= 15 is 0 Å². The molecule has 3 unspecified atom stereocenters. The molecule has 5 heteroatoms. The Kier molecular flexibility index (Phi) is 2.82. The lowest BCUT2D eigenvalue weighted by Crippen LogP contribution is -2.11. The normalized spacial score (nSPS) is 30.7. The quantitative estimate of drug-likeness (QED) is 0.476. The van der Waals surface area contributed by atoms with Gasteiger partial charge < -0.3 is 14.2 Å². The Morgan fingerprint density at radius 1 is 1.18 bits per heavy atom. The molecule has 2 heterocycles. The first-order chi connectivity index (χ1) is 10.6. The van der Waals surface area contributed by atoms with E-state index in [4.69, 9.17) is 14.2 Å². The van der Waals surface area contributed by atoms with E-state index in [1.165, 1.54) is 11.8 Å². The van der Waals surface area contributed by atoms with Gasteiger partial charge in [-0.15, -0.1) is 0 Å². The number of carbonyl (C=O) groups is 2. The van der Waals surface area contributed by atoms with E-state index in [-0.39, 0.29) is 18.0 Å². The average molecular weight is 298 g/mol. The van der Waals surface area contributed by atoms with Gasteiger partial charge in [0.25, 0.3) is 6.29 Å². The molecule has 5 nitrogen and oxygen atoms in total. The summed E-state index contributed by atoms with van der Waals surface area (Å²) in [7, 11) is 0. The molecule has 1 aliphatic carbocycles. The van der Waals surface area contributed by atoms with Gasteiger partial charge in [0.1, 0.15) is 6.10 Å². The van der Waals surface area contributed by atoms with Gasteiger partial charge in [0.05, 0.1) is 11.8 Å². The van der Waals surface area contributed by atoms with Crippen molar-refractivity contribution in [3.63, 3.8) is 0 Å². The highest BCUT2D eigenvalue weighted by Crippen LogP contribution is 2.47. The van der Waals surface area contributed by atoms with Crippen molar-refractivity contribution in [1.82, 2.24) is 0 Å². The monoisotopic (exact) mass is 298 g/mol. The zero-order valence-corrected chi connectivity index (χ0v) is 11.9. The van der Waals surface area contributed by atoms with E-state index in [2.05, 4.69) is 0 Å². The minimum Gasteiger partial charge on any atom is -0.458 e. The molecule has 0 N–H and O–H groups in total. The second-order valence-corrected chi connectivity index (χ2v) is 5.67. The third kappa shape index (κ3) is 1.93. The first-order valence-electron chi connectivity index (χ1n) is 7.17. The van der Waals surface area contributed by atoms with Crippen molar-refractivity contribution in [2.24, 2.45) is 5.92 Å². The lowest BCUT2D eigenvalue weighted by atomic mass is 9.98. The Hall–Kier alpha value is -2.56. The summed E-state index contributed by atoms with van der Waals surface area (Å²) in [6.07, 6.45) is 2.71. The SMILES string of the molecule is CC1=CC(O/C=C2\C(=O)OC3c4ccccc4CC23)OC1=O. The van der Waals surface area contributed by atoms with Gasteiger partial charge in [-0.05, 0) is 24.5 Å². The molecule has 112 valence electrons. The van der Waals surface area contributed by atoms with Crippen LogP contribution in [-0.4, -0.2) is 18.2 Å². The molecule has 1 fully saturated rings. The van der Waals surface area contributed by atoms with Crippen LogP contribution in [0.4, 0.5) is 0 Å². The van der Waals surface area contributed by atoms with Gasteiger partial charge >= 0.3 is 11.9 Å². The summed E-state index contributed by atoms with van der Waals surface area (Å²) in [5, 5.41) is 0. The summed E-state index contributed by atoms with van der Waals surface area (Å²) in [6.45, 7) is 1.66. The number of benzene rings is 1. The van der Waals surface area contributed by atoms with Crippen LogP contribution in [-0.2, 0) is 30.2 Å². The zero-order valence-electron chi connectivity index (χ0n) is 11.9. The van der Waals surface area contributed by atoms with Gasteiger partial charge in [0.15, 0.2) is 0 Å². The molecule has 0 aromatic heterocycles. The molecule has 2 aliphatic heterocycles. The summed E-state index contributed by atoms with van der Waals surface area (Å²) in [5.41, 5.74) is 3.25. The minimum atomic E-state index is -0.768. The van der Waals surface area contributed by atoms with Gasteiger partial charge in [0.2, 0.25) is 0 Å². The van der Waals surface area contributed by atoms with Crippen molar-refractivity contribution in [3.8, 4) is 0 Å². The summed E-state index contributed by atoms with van der Waals surface area (Å²) < 4.78 is 15.9. The molecular weight excluding hydrogens is 284 g/mol. The molecule has 1 aromatic carbocycles. The first kappa shape index (κ1) is 13.1. The van der Waals surface area contributed by atoms with Crippen molar-refractivity contribution in [2.75, 3.05) is 0 Å². The van der Waals surface area contributed by atoms with E-state index in [0.29, 0.717) is 11.1 Å². The molecule has 3 aliphatic rings. The Bertz CT molecular complexity index is 730. The van der Waals surface area contributed by atoms with Crippen molar-refractivity contribution < 1.29 is 23.8 Å².